The summed E-state index contributed by atoms with van der Waals surface area (Å²) in [6.07, 6.45) is 1.12. The second-order valence-corrected chi connectivity index (χ2v) is 6.51. The van der Waals surface area contributed by atoms with Crippen molar-refractivity contribution in [2.24, 2.45) is 0 Å². The van der Waals surface area contributed by atoms with Gasteiger partial charge in [-0.2, -0.15) is 0 Å². The molecule has 1 aliphatic heterocycles. The molecule has 0 saturated heterocycles. The fourth-order valence-corrected chi connectivity index (χ4v) is 3.23. The Labute approximate surface area is 162 Å². The van der Waals surface area contributed by atoms with Crippen LogP contribution in [0.4, 0.5) is 11.4 Å². The highest BCUT2D eigenvalue weighted by Crippen LogP contribution is 2.38. The van der Waals surface area contributed by atoms with Crippen LogP contribution in [0.5, 0.6) is 5.75 Å². The lowest BCUT2D eigenvalue weighted by atomic mass is 10.0. The Balaban J connectivity index is 1.95. The number of methoxy groups -OCH3 is 1. The monoisotopic (exact) mass is 380 g/mol. The summed E-state index contributed by atoms with van der Waals surface area (Å²) in [7, 11) is 1.32. The number of carbonyl (C=O) groups is 3. The number of aromatic hydroxyl groups is 1. The molecule has 1 unspecified atom stereocenters. The number of benzene rings is 2. The molecule has 0 spiro atoms. The minimum atomic E-state index is -0.442. The van der Waals surface area contributed by atoms with Gasteiger partial charge in [-0.25, -0.2) is 4.79 Å². The molecule has 2 aromatic rings. The van der Waals surface area contributed by atoms with Crippen molar-refractivity contribution in [2.75, 3.05) is 23.9 Å². The predicted molar refractivity (Wildman–Crippen MR) is 105 cm³/mol. The first kappa shape index (κ1) is 19.2. The molecule has 0 aromatic heterocycles. The maximum atomic E-state index is 13.1. The lowest BCUT2D eigenvalue weighted by Crippen LogP contribution is -2.29. The topological polar surface area (TPSA) is 95.9 Å². The van der Waals surface area contributed by atoms with E-state index in [0.717, 1.165) is 11.6 Å². The maximum absolute atomic E-state index is 13.1. The molecule has 144 valence electrons. The first-order chi connectivity index (χ1) is 13.3. The molecule has 2 aromatic carbocycles. The molecule has 0 saturated carbocycles. The summed E-state index contributed by atoms with van der Waals surface area (Å²) >= 11 is 0. The van der Waals surface area contributed by atoms with Crippen LogP contribution >= 0.6 is 0 Å². The van der Waals surface area contributed by atoms with Crippen molar-refractivity contribution in [1.29, 1.82) is 0 Å². The Morgan fingerprint density at radius 1 is 1.25 bits per heavy atom. The predicted octanol–water partition coefficient (Wildman–Crippen LogP) is 3.07. The number of esters is 1. The van der Waals surface area contributed by atoms with E-state index in [1.807, 2.05) is 6.92 Å². The quantitative estimate of drug-likeness (QED) is 0.483. The molecule has 7 nitrogen and oxygen atoms in total. The van der Waals surface area contributed by atoms with Crippen LogP contribution in [0.15, 0.2) is 49.1 Å². The number of carbonyl (C=O) groups excluding carboxylic acids is 3. The van der Waals surface area contributed by atoms with E-state index in [4.69, 9.17) is 4.74 Å². The minimum Gasteiger partial charge on any atom is -0.507 e. The van der Waals surface area contributed by atoms with Gasteiger partial charge in [0.2, 0.25) is 5.91 Å². The zero-order valence-electron chi connectivity index (χ0n) is 15.6. The van der Waals surface area contributed by atoms with E-state index in [2.05, 4.69) is 11.9 Å². The summed E-state index contributed by atoms with van der Waals surface area (Å²) in [6, 6.07) is 9.29. The second kappa shape index (κ2) is 7.56. The van der Waals surface area contributed by atoms with Gasteiger partial charge < -0.3 is 20.1 Å². The fourth-order valence-electron chi connectivity index (χ4n) is 3.23. The van der Waals surface area contributed by atoms with E-state index in [1.54, 1.807) is 23.1 Å². The number of amides is 2. The Hall–Kier alpha value is -3.61. The molecule has 0 bridgehead atoms. The molecular weight excluding hydrogens is 360 g/mol. The van der Waals surface area contributed by atoms with Crippen molar-refractivity contribution in [3.63, 3.8) is 0 Å². The number of ether oxygens (including phenoxy) is 1. The van der Waals surface area contributed by atoms with Gasteiger partial charge in [-0.1, -0.05) is 13.5 Å². The van der Waals surface area contributed by atoms with E-state index in [-0.39, 0.29) is 17.2 Å². The molecule has 2 amide bonds. The summed E-state index contributed by atoms with van der Waals surface area (Å²) in [5.41, 5.74) is 2.38. The number of hydrogen-bond acceptors (Lipinski definition) is 5. The molecular formula is C21H20N2O5. The molecule has 7 heteroatoms. The lowest BCUT2D eigenvalue weighted by molar-refractivity contribution is -0.111. The van der Waals surface area contributed by atoms with Crippen LogP contribution in [-0.2, 0) is 9.53 Å². The average Bonchev–Trinajstić information content (AvgIpc) is 3.04. The lowest BCUT2D eigenvalue weighted by Gasteiger charge is -2.19. The molecule has 28 heavy (non-hydrogen) atoms. The van der Waals surface area contributed by atoms with Crippen molar-refractivity contribution >= 4 is 29.2 Å². The third kappa shape index (κ3) is 3.46. The number of nitrogens with zero attached hydrogens (tertiary/aromatic N) is 1. The van der Waals surface area contributed by atoms with Gasteiger partial charge in [0, 0.05) is 23.8 Å². The Morgan fingerprint density at radius 2 is 2.00 bits per heavy atom. The van der Waals surface area contributed by atoms with Crippen molar-refractivity contribution in [3.8, 4) is 5.75 Å². The summed E-state index contributed by atoms with van der Waals surface area (Å²) in [5.74, 6) is -1.44. The summed E-state index contributed by atoms with van der Waals surface area (Å²) in [4.78, 5) is 37.9. The van der Waals surface area contributed by atoms with Gasteiger partial charge >= 0.3 is 5.97 Å². The van der Waals surface area contributed by atoms with Crippen molar-refractivity contribution < 1.29 is 24.2 Å². The zero-order valence-corrected chi connectivity index (χ0v) is 15.6. The Bertz CT molecular complexity index is 983. The molecule has 1 aliphatic rings. The molecule has 0 radical (unpaired) electrons. The molecule has 2 N–H and O–H groups in total. The average molecular weight is 380 g/mol. The van der Waals surface area contributed by atoms with E-state index < -0.39 is 17.8 Å². The number of rotatable bonds is 4. The van der Waals surface area contributed by atoms with E-state index >= 15 is 0 Å². The summed E-state index contributed by atoms with van der Waals surface area (Å²) in [5, 5.41) is 12.7. The van der Waals surface area contributed by atoms with E-state index in [0.29, 0.717) is 23.5 Å². The van der Waals surface area contributed by atoms with E-state index in [9.17, 15) is 19.5 Å². The van der Waals surface area contributed by atoms with Crippen molar-refractivity contribution in [1.82, 2.24) is 0 Å². The van der Waals surface area contributed by atoms with Crippen LogP contribution in [0.3, 0.4) is 0 Å². The normalized spacial score (nSPS) is 14.9. The highest BCUT2D eigenvalue weighted by atomic mass is 16.5. The van der Waals surface area contributed by atoms with Crippen LogP contribution < -0.4 is 10.2 Å². The summed E-state index contributed by atoms with van der Waals surface area (Å²) < 4.78 is 4.75. The fraction of sp³-hybridized carbons (Fsp3) is 0.190. The first-order valence-electron chi connectivity index (χ1n) is 8.66. The molecule has 0 aliphatic carbocycles. The Morgan fingerprint density at radius 3 is 2.68 bits per heavy atom. The number of nitrogens with one attached hydrogen (secondary N) is 1. The highest BCUT2D eigenvalue weighted by molar-refractivity contribution is 6.10. The third-order valence-corrected chi connectivity index (χ3v) is 4.65. The number of anilines is 2. The number of phenols is 1. The van der Waals surface area contributed by atoms with Gasteiger partial charge in [-0.15, -0.1) is 0 Å². The number of phenolic OH excluding ortho intramolecular Hbond substituents is 1. The Kier molecular flexibility index (Phi) is 5.17. The molecule has 1 atom stereocenters. The standard InChI is InChI=1S/C21H20N2O5/c1-4-19(25)22-14-6-8-18(24)16(10-14)20(26)23-11-12(2)15-9-13(21(27)28-3)5-7-17(15)23/h4-10,12,24H,1,11H2,2-3H3,(H,22,25). The third-order valence-electron chi connectivity index (χ3n) is 4.65. The largest absolute Gasteiger partial charge is 0.507 e. The van der Waals surface area contributed by atoms with Gasteiger partial charge in [-0.3, -0.25) is 9.59 Å². The van der Waals surface area contributed by atoms with Gasteiger partial charge in [0.25, 0.3) is 5.91 Å². The highest BCUT2D eigenvalue weighted by Gasteiger charge is 2.32. The van der Waals surface area contributed by atoms with Gasteiger partial charge in [0.1, 0.15) is 5.75 Å². The number of fused-ring (bicyclic) bond motifs is 1. The number of hydrogen-bond donors (Lipinski definition) is 2. The van der Waals surface area contributed by atoms with Crippen molar-refractivity contribution in [2.45, 2.75) is 12.8 Å². The van der Waals surface area contributed by atoms with Crippen LogP contribution in [0.2, 0.25) is 0 Å². The van der Waals surface area contributed by atoms with Crippen LogP contribution in [0, 0.1) is 0 Å². The molecule has 0 fully saturated rings. The first-order valence-corrected chi connectivity index (χ1v) is 8.66. The minimum absolute atomic E-state index is 0.00866. The van der Waals surface area contributed by atoms with E-state index in [1.165, 1.54) is 25.3 Å². The smallest absolute Gasteiger partial charge is 0.337 e. The van der Waals surface area contributed by atoms with Gasteiger partial charge in [-0.05, 0) is 48.0 Å². The van der Waals surface area contributed by atoms with Gasteiger partial charge in [0.05, 0.1) is 18.2 Å². The van der Waals surface area contributed by atoms with Crippen molar-refractivity contribution in [3.05, 3.63) is 65.7 Å². The SMILES string of the molecule is C=CC(=O)Nc1ccc(O)c(C(=O)N2CC(C)c3cc(C(=O)OC)ccc32)c1. The molecule has 1 heterocycles. The van der Waals surface area contributed by atoms with Crippen LogP contribution in [0.1, 0.15) is 39.1 Å². The molecule has 3 rings (SSSR count). The maximum Gasteiger partial charge on any atom is 0.337 e. The van der Waals surface area contributed by atoms with Crippen LogP contribution in [0.25, 0.3) is 0 Å². The van der Waals surface area contributed by atoms with Gasteiger partial charge in [0.15, 0.2) is 0 Å². The van der Waals surface area contributed by atoms with Crippen LogP contribution in [-0.4, -0.2) is 36.5 Å². The summed E-state index contributed by atoms with van der Waals surface area (Å²) in [6.45, 7) is 5.74. The zero-order chi connectivity index (χ0) is 20.4. The second-order valence-electron chi connectivity index (χ2n) is 6.51.